The molecule has 6 nitrogen and oxygen atoms in total. The lowest BCUT2D eigenvalue weighted by molar-refractivity contribution is 0.482. The van der Waals surface area contributed by atoms with Crippen LogP contribution in [0.3, 0.4) is 0 Å². The number of benzene rings is 8. The van der Waals surface area contributed by atoms with Gasteiger partial charge in [0.25, 0.3) is 0 Å². The maximum absolute atomic E-state index is 9.29. The summed E-state index contributed by atoms with van der Waals surface area (Å²) in [6.45, 7) is 20.8. The normalized spacial score (nSPS) is 14.2. The number of hydrogen-bond donors (Lipinski definition) is 0. The van der Waals surface area contributed by atoms with E-state index in [9.17, 15) is 1.37 Å². The highest BCUT2D eigenvalue weighted by molar-refractivity contribution is 6.09. The van der Waals surface area contributed by atoms with Gasteiger partial charge in [0.05, 0.1) is 33.6 Å². The van der Waals surface area contributed by atoms with Crippen LogP contribution in [0.15, 0.2) is 188 Å². The molecule has 0 unspecified atom stereocenters. The molecule has 0 fully saturated rings. The smallest absolute Gasteiger partial charge is 0.137 e. The van der Waals surface area contributed by atoms with Gasteiger partial charge in [0.1, 0.15) is 35.5 Å². The average Bonchev–Trinajstić information content (AvgIpc) is 4.00. The van der Waals surface area contributed by atoms with Crippen LogP contribution < -0.4 is 19.3 Å². The summed E-state index contributed by atoms with van der Waals surface area (Å²) >= 11 is 0. The van der Waals surface area contributed by atoms with Gasteiger partial charge in [-0.15, -0.1) is 0 Å². The summed E-state index contributed by atoms with van der Waals surface area (Å²) < 4.78 is 51.2. The van der Waals surface area contributed by atoms with Gasteiger partial charge in [-0.3, -0.25) is 4.57 Å². The SMILES string of the molecule is [2H]c1c([2H])c([2H])c2c(c1[2H])c1ccc3cc1n2-c1cc(C(C)(C)C)c(cn1)-c1ccc(cc1)Oc1ccc(cc1)-c1cccc(-c2cc(C(C)(C)C)cc(C(C)(C)C)c2)c1N1CN(c2cccc(c2)O3)c2ccccc21. The first-order valence-electron chi connectivity index (χ1n) is 26.9. The molecule has 356 valence electrons. The molecular formula is C66H60N4O2. The second kappa shape index (κ2) is 16.8. The molecule has 5 aliphatic rings. The number of anilines is 4. The van der Waals surface area contributed by atoms with Crippen molar-refractivity contribution < 1.29 is 15.0 Å². The van der Waals surface area contributed by atoms with E-state index in [0.717, 1.165) is 61.9 Å². The second-order valence-electron chi connectivity index (χ2n) is 22.3. The Kier molecular flexibility index (Phi) is 9.46. The fraction of sp³-hybridized carbons (Fsp3) is 0.197. The molecular weight excluding hydrogens is 881 g/mol. The third-order valence-electron chi connectivity index (χ3n) is 14.3. The Bertz CT molecular complexity index is 3940. The molecule has 0 N–H and O–H groups in total. The van der Waals surface area contributed by atoms with Crippen LogP contribution in [0, 0.1) is 0 Å². The first-order chi connectivity index (χ1) is 36.2. The molecule has 0 radical (unpaired) electrons. The molecule has 15 rings (SSSR count). The zero-order valence-electron chi connectivity index (χ0n) is 46.4. The number of fused-ring (bicyclic) bond motifs is 6. The number of pyridine rings is 1. The van der Waals surface area contributed by atoms with Crippen molar-refractivity contribution in [3.63, 3.8) is 0 Å². The van der Waals surface area contributed by atoms with Gasteiger partial charge in [0.15, 0.2) is 0 Å². The predicted molar refractivity (Wildman–Crippen MR) is 300 cm³/mol. The predicted octanol–water partition coefficient (Wildman–Crippen LogP) is 18.2. The fourth-order valence-electron chi connectivity index (χ4n) is 10.4. The summed E-state index contributed by atoms with van der Waals surface area (Å²) in [7, 11) is 0. The van der Waals surface area contributed by atoms with E-state index in [-0.39, 0.29) is 40.4 Å². The van der Waals surface area contributed by atoms with Crippen LogP contribution in [-0.2, 0) is 16.2 Å². The lowest BCUT2D eigenvalue weighted by Crippen LogP contribution is -2.25. The third kappa shape index (κ3) is 7.96. The Balaban J connectivity index is 1.08. The molecule has 7 heterocycles. The van der Waals surface area contributed by atoms with Crippen molar-refractivity contribution >= 4 is 44.6 Å². The molecule has 0 saturated heterocycles. The van der Waals surface area contributed by atoms with E-state index < -0.39 is 0 Å². The molecule has 6 heteroatoms. The molecule has 2 aromatic heterocycles. The highest BCUT2D eigenvalue weighted by atomic mass is 16.5. The van der Waals surface area contributed by atoms with Gasteiger partial charge in [0, 0.05) is 51.5 Å². The molecule has 0 aliphatic carbocycles. The standard InChI is InChI=1S/C66H60N4O2/c1-64(2,3)45-34-44(35-46(36-45)65(4,5)6)53-20-15-19-52-42-24-28-48(29-25-42)71-49-30-26-43(27-31-49)56-40-67-62(39-57(56)66(7,8)9)70-58-21-11-10-18-54(58)55-33-32-51(38-61(55)70)72-50-17-14-16-47(37-50)68-41-69(63(52)53)60-23-13-12-22-59(60)68/h10-40H,41H2,1-9H3/i10D,11D,18D,21D. The van der Waals surface area contributed by atoms with Crippen LogP contribution in [0.25, 0.3) is 61.0 Å². The molecule has 72 heavy (non-hydrogen) atoms. The number of ether oxygens (including phenoxy) is 2. The minimum absolute atomic E-state index is 0.0820. The quantitative estimate of drug-likeness (QED) is 0.164. The Morgan fingerprint density at radius 3 is 1.72 bits per heavy atom. The number of rotatable bonds is 1. The van der Waals surface area contributed by atoms with Crippen molar-refractivity contribution in [1.82, 2.24) is 9.55 Å². The van der Waals surface area contributed by atoms with Gasteiger partial charge in [-0.25, -0.2) is 4.98 Å². The highest BCUT2D eigenvalue weighted by Gasteiger charge is 2.33. The average molecular weight is 945 g/mol. The molecule has 0 atom stereocenters. The Labute approximate surface area is 429 Å². The first kappa shape index (κ1) is 40.6. The van der Waals surface area contributed by atoms with E-state index in [2.05, 4.69) is 181 Å². The van der Waals surface area contributed by atoms with E-state index in [1.165, 1.54) is 16.7 Å². The molecule has 0 spiro atoms. The Morgan fingerprint density at radius 1 is 0.472 bits per heavy atom. The molecule has 0 amide bonds. The van der Waals surface area contributed by atoms with Crippen molar-refractivity contribution in [3.05, 3.63) is 205 Å². The topological polar surface area (TPSA) is 42.8 Å². The molecule has 5 aliphatic heterocycles. The number of nitrogens with zero attached hydrogens (tertiary/aromatic N) is 4. The van der Waals surface area contributed by atoms with Crippen LogP contribution in [0.1, 0.15) is 84.5 Å². The monoisotopic (exact) mass is 944 g/mol. The number of para-hydroxylation sites is 4. The molecule has 0 saturated carbocycles. The van der Waals surface area contributed by atoms with Gasteiger partial charge in [-0.1, -0.05) is 159 Å². The van der Waals surface area contributed by atoms with Crippen molar-refractivity contribution in [1.29, 1.82) is 0 Å². The Morgan fingerprint density at radius 2 is 1.06 bits per heavy atom. The second-order valence-corrected chi connectivity index (χ2v) is 22.3. The van der Waals surface area contributed by atoms with Gasteiger partial charge in [0.2, 0.25) is 0 Å². The highest BCUT2D eigenvalue weighted by Crippen LogP contribution is 2.51. The van der Waals surface area contributed by atoms with Crippen molar-refractivity contribution in [3.8, 4) is 62.2 Å². The molecule has 12 bridgehead atoms. The lowest BCUT2D eigenvalue weighted by atomic mass is 9.78. The number of hydrogen-bond acceptors (Lipinski definition) is 5. The van der Waals surface area contributed by atoms with E-state index in [4.69, 9.17) is 18.6 Å². The largest absolute Gasteiger partial charge is 0.457 e. The van der Waals surface area contributed by atoms with Crippen molar-refractivity contribution in [2.24, 2.45) is 0 Å². The number of aromatic nitrogens is 2. The summed E-state index contributed by atoms with van der Waals surface area (Å²) in [6, 6.07) is 54.0. The van der Waals surface area contributed by atoms with Crippen LogP contribution in [0.4, 0.5) is 22.7 Å². The maximum Gasteiger partial charge on any atom is 0.137 e. The third-order valence-corrected chi connectivity index (χ3v) is 14.3. The van der Waals surface area contributed by atoms with E-state index in [1.54, 1.807) is 0 Å². The van der Waals surface area contributed by atoms with Crippen LogP contribution in [-0.4, -0.2) is 16.2 Å². The zero-order chi connectivity index (χ0) is 53.2. The van der Waals surface area contributed by atoms with E-state index >= 15 is 0 Å². The van der Waals surface area contributed by atoms with Gasteiger partial charge in [-0.05, 0) is 122 Å². The minimum atomic E-state index is -0.345. The maximum atomic E-state index is 9.29. The summed E-state index contributed by atoms with van der Waals surface area (Å²) in [5, 5.41) is 1.09. The summed E-state index contributed by atoms with van der Waals surface area (Å²) in [5.41, 5.74) is 14.6. The van der Waals surface area contributed by atoms with Crippen LogP contribution >= 0.6 is 0 Å². The zero-order valence-corrected chi connectivity index (χ0v) is 42.4. The van der Waals surface area contributed by atoms with Crippen molar-refractivity contribution in [2.45, 2.75) is 78.6 Å². The van der Waals surface area contributed by atoms with Crippen LogP contribution in [0.5, 0.6) is 23.0 Å². The summed E-state index contributed by atoms with van der Waals surface area (Å²) in [6.07, 6.45) is 1.87. The van der Waals surface area contributed by atoms with Gasteiger partial charge in [-0.2, -0.15) is 0 Å². The molecule has 8 aromatic carbocycles. The van der Waals surface area contributed by atoms with Crippen LogP contribution in [0.2, 0.25) is 0 Å². The summed E-state index contributed by atoms with van der Waals surface area (Å²) in [4.78, 5) is 9.88. The molecule has 10 aromatic rings. The summed E-state index contributed by atoms with van der Waals surface area (Å²) in [5.74, 6) is 3.12. The van der Waals surface area contributed by atoms with Gasteiger partial charge >= 0.3 is 0 Å². The minimum Gasteiger partial charge on any atom is -0.457 e. The first-order valence-corrected chi connectivity index (χ1v) is 24.9. The van der Waals surface area contributed by atoms with E-state index in [0.29, 0.717) is 51.5 Å². The fourth-order valence-corrected chi connectivity index (χ4v) is 10.4. The van der Waals surface area contributed by atoms with Crippen molar-refractivity contribution in [2.75, 3.05) is 16.5 Å². The van der Waals surface area contributed by atoms with E-state index in [1.807, 2.05) is 59.3 Å². The lowest BCUT2D eigenvalue weighted by Gasteiger charge is -2.29. The van der Waals surface area contributed by atoms with Gasteiger partial charge < -0.3 is 19.3 Å². The Hall–Kier alpha value is -8.09.